The van der Waals surface area contributed by atoms with E-state index >= 15 is 0 Å². The third-order valence-electron chi connectivity index (χ3n) is 5.28. The monoisotopic (exact) mass is 392 g/mol. The molecule has 1 rings (SSSR count). The number of rotatable bonds is 11. The first kappa shape index (κ1) is 23.6. The molecular weight excluding hydrogens is 356 g/mol. The summed E-state index contributed by atoms with van der Waals surface area (Å²) < 4.78 is 17.5. The van der Waals surface area contributed by atoms with Crippen molar-refractivity contribution in [2.24, 2.45) is 5.92 Å². The molecule has 0 bridgehead atoms. The average Bonchev–Trinajstić information content (AvgIpc) is 2.61. The van der Waals surface area contributed by atoms with Gasteiger partial charge < -0.3 is 13.9 Å². The summed E-state index contributed by atoms with van der Waals surface area (Å²) in [6.45, 7) is 15.9. The molecule has 0 heterocycles. The number of hydrogen-bond acceptors (Lipinski definition) is 4. The topological polar surface area (TPSA) is 44.8 Å². The van der Waals surface area contributed by atoms with Crippen molar-refractivity contribution in [3.05, 3.63) is 48.6 Å². The summed E-state index contributed by atoms with van der Waals surface area (Å²) in [7, 11) is -0.616. The van der Waals surface area contributed by atoms with E-state index < -0.39 is 8.32 Å². The number of hydrogen-bond donors (Lipinski definition) is 0. The van der Waals surface area contributed by atoms with Gasteiger partial charge in [-0.15, -0.1) is 6.58 Å². The standard InChI is InChI=1S/C22H36O4Si/c1-8-12-19(21(23)24-5)20(26-27(6,7)22(2,3)4)15-16-25-17-18-13-10-9-11-14-18/h8-11,13-14,19-20H,1,12,15-17H2,2-7H3/t19-,20+/m1/s1. The van der Waals surface area contributed by atoms with Gasteiger partial charge in [-0.1, -0.05) is 57.2 Å². The first-order chi connectivity index (χ1) is 12.6. The highest BCUT2D eigenvalue weighted by Crippen LogP contribution is 2.39. The van der Waals surface area contributed by atoms with Crippen molar-refractivity contribution in [2.75, 3.05) is 13.7 Å². The van der Waals surface area contributed by atoms with E-state index in [1.54, 1.807) is 6.08 Å². The van der Waals surface area contributed by atoms with Crippen LogP contribution in [0.1, 0.15) is 39.2 Å². The summed E-state index contributed by atoms with van der Waals surface area (Å²) in [6.07, 6.45) is 2.69. The Hall–Kier alpha value is -1.43. The van der Waals surface area contributed by atoms with Gasteiger partial charge in [0.25, 0.3) is 0 Å². The highest BCUT2D eigenvalue weighted by atomic mass is 28.4. The normalized spacial score (nSPS) is 14.4. The maximum absolute atomic E-state index is 12.4. The summed E-state index contributed by atoms with van der Waals surface area (Å²) in [5.41, 5.74) is 1.13. The Labute approximate surface area is 166 Å². The van der Waals surface area contributed by atoms with Crippen LogP contribution >= 0.6 is 0 Å². The van der Waals surface area contributed by atoms with Crippen LogP contribution in [0.4, 0.5) is 0 Å². The molecule has 4 nitrogen and oxygen atoms in total. The van der Waals surface area contributed by atoms with Crippen molar-refractivity contribution in [3.8, 4) is 0 Å². The Balaban J connectivity index is 2.82. The number of methoxy groups -OCH3 is 1. The molecule has 5 heteroatoms. The summed E-state index contributed by atoms with van der Waals surface area (Å²) in [5, 5.41) is 0.0605. The summed E-state index contributed by atoms with van der Waals surface area (Å²) in [5.74, 6) is -0.608. The molecule has 0 N–H and O–H groups in total. The highest BCUT2D eigenvalue weighted by Gasteiger charge is 2.42. The van der Waals surface area contributed by atoms with E-state index in [1.165, 1.54) is 7.11 Å². The van der Waals surface area contributed by atoms with Crippen LogP contribution in [0.25, 0.3) is 0 Å². The number of esters is 1. The Bertz CT molecular complexity index is 578. The maximum Gasteiger partial charge on any atom is 0.311 e. The molecular formula is C22H36O4Si. The smallest absolute Gasteiger partial charge is 0.311 e. The lowest BCUT2D eigenvalue weighted by molar-refractivity contribution is -0.149. The van der Waals surface area contributed by atoms with Crippen molar-refractivity contribution in [1.29, 1.82) is 0 Å². The summed E-state index contributed by atoms with van der Waals surface area (Å²) in [4.78, 5) is 12.4. The first-order valence-electron chi connectivity index (χ1n) is 9.60. The number of benzene rings is 1. The largest absolute Gasteiger partial charge is 0.469 e. The fourth-order valence-corrected chi connectivity index (χ4v) is 3.98. The van der Waals surface area contributed by atoms with Crippen molar-refractivity contribution >= 4 is 14.3 Å². The van der Waals surface area contributed by atoms with E-state index in [1.807, 2.05) is 30.3 Å². The van der Waals surface area contributed by atoms with E-state index in [0.29, 0.717) is 26.1 Å². The van der Waals surface area contributed by atoms with Crippen molar-refractivity contribution in [2.45, 2.75) is 64.5 Å². The fourth-order valence-electron chi connectivity index (χ4n) is 2.59. The maximum atomic E-state index is 12.4. The lowest BCUT2D eigenvalue weighted by Gasteiger charge is -2.41. The van der Waals surface area contributed by atoms with E-state index in [2.05, 4.69) is 40.4 Å². The average molecular weight is 393 g/mol. The zero-order valence-electron chi connectivity index (χ0n) is 17.8. The first-order valence-corrected chi connectivity index (χ1v) is 12.5. The van der Waals surface area contributed by atoms with E-state index in [4.69, 9.17) is 13.9 Å². The molecule has 1 aromatic carbocycles. The number of ether oxygens (including phenoxy) is 2. The molecule has 0 amide bonds. The minimum atomic E-state index is -2.04. The van der Waals surface area contributed by atoms with Crippen LogP contribution in [0.3, 0.4) is 0 Å². The predicted octanol–water partition coefficient (Wildman–Crippen LogP) is 5.35. The molecule has 0 aliphatic carbocycles. The van der Waals surface area contributed by atoms with Crippen molar-refractivity contribution in [3.63, 3.8) is 0 Å². The van der Waals surface area contributed by atoms with E-state index in [0.717, 1.165) is 5.56 Å². The molecule has 1 aromatic rings. The lowest BCUT2D eigenvalue weighted by atomic mass is 9.96. The van der Waals surface area contributed by atoms with Gasteiger partial charge in [-0.05, 0) is 36.5 Å². The second-order valence-corrected chi connectivity index (χ2v) is 13.2. The van der Waals surface area contributed by atoms with E-state index in [9.17, 15) is 4.79 Å². The quantitative estimate of drug-likeness (QED) is 0.220. The minimum Gasteiger partial charge on any atom is -0.469 e. The van der Waals surface area contributed by atoms with Crippen LogP contribution in [0.15, 0.2) is 43.0 Å². The summed E-state index contributed by atoms with van der Waals surface area (Å²) >= 11 is 0. The molecule has 27 heavy (non-hydrogen) atoms. The van der Waals surface area contributed by atoms with Gasteiger partial charge >= 0.3 is 5.97 Å². The molecule has 0 radical (unpaired) electrons. The minimum absolute atomic E-state index is 0.0605. The highest BCUT2D eigenvalue weighted by molar-refractivity contribution is 6.74. The van der Waals surface area contributed by atoms with Crippen LogP contribution in [0, 0.1) is 5.92 Å². The Morgan fingerprint density at radius 3 is 2.37 bits per heavy atom. The predicted molar refractivity (Wildman–Crippen MR) is 113 cm³/mol. The van der Waals surface area contributed by atoms with Gasteiger partial charge in [-0.3, -0.25) is 4.79 Å². The van der Waals surface area contributed by atoms with Gasteiger partial charge in [0, 0.05) is 6.61 Å². The van der Waals surface area contributed by atoms with Crippen molar-refractivity contribution < 1.29 is 18.7 Å². The molecule has 0 aliphatic heterocycles. The molecule has 0 spiro atoms. The zero-order valence-corrected chi connectivity index (χ0v) is 18.8. The van der Waals surface area contributed by atoms with Gasteiger partial charge in [-0.25, -0.2) is 0 Å². The zero-order chi connectivity index (χ0) is 20.5. The molecule has 152 valence electrons. The Morgan fingerprint density at radius 1 is 1.22 bits per heavy atom. The second-order valence-electron chi connectivity index (χ2n) is 8.40. The third-order valence-corrected chi connectivity index (χ3v) is 9.79. The van der Waals surface area contributed by atoms with Gasteiger partial charge in [-0.2, -0.15) is 0 Å². The van der Waals surface area contributed by atoms with Crippen LogP contribution in [-0.2, 0) is 25.3 Å². The lowest BCUT2D eigenvalue weighted by Crippen LogP contribution is -2.47. The molecule has 2 atom stereocenters. The van der Waals surface area contributed by atoms with Gasteiger partial charge in [0.1, 0.15) is 0 Å². The van der Waals surface area contributed by atoms with Crippen LogP contribution < -0.4 is 0 Å². The Morgan fingerprint density at radius 2 is 1.85 bits per heavy atom. The van der Waals surface area contributed by atoms with Crippen molar-refractivity contribution in [1.82, 2.24) is 0 Å². The molecule has 0 saturated heterocycles. The van der Waals surface area contributed by atoms with Gasteiger partial charge in [0.15, 0.2) is 8.32 Å². The molecule has 0 unspecified atom stereocenters. The molecule has 0 saturated carbocycles. The van der Waals surface area contributed by atoms with Crippen LogP contribution in [0.5, 0.6) is 0 Å². The van der Waals surface area contributed by atoms with Gasteiger partial charge in [0.2, 0.25) is 0 Å². The summed E-state index contributed by atoms with van der Waals surface area (Å²) in [6, 6.07) is 10.1. The van der Waals surface area contributed by atoms with Crippen LogP contribution in [-0.4, -0.2) is 34.1 Å². The molecule has 0 aliphatic rings. The van der Waals surface area contributed by atoms with E-state index in [-0.39, 0.29) is 23.0 Å². The number of carbonyl (C=O) groups excluding carboxylic acids is 1. The van der Waals surface area contributed by atoms with Gasteiger partial charge in [0.05, 0.1) is 25.7 Å². The SMILES string of the molecule is C=CC[C@@H](C(=O)OC)[C@H](CCOCc1ccccc1)O[Si](C)(C)C(C)(C)C. The Kier molecular flexibility index (Phi) is 9.43. The molecule has 0 aromatic heterocycles. The number of allylic oxidation sites excluding steroid dienone is 1. The van der Waals surface area contributed by atoms with Crippen LogP contribution in [0.2, 0.25) is 18.1 Å². The number of carbonyl (C=O) groups is 1. The molecule has 0 fully saturated rings. The third kappa shape index (κ3) is 7.60. The fraction of sp³-hybridized carbons (Fsp3) is 0.591. The second kappa shape index (κ2) is 10.8.